The number of nitrogens with one attached hydrogen (secondary N) is 1. The van der Waals surface area contributed by atoms with Crippen LogP contribution >= 0.6 is 0 Å². The molecule has 1 aromatic carbocycles. The Balaban J connectivity index is 1.41. The minimum Gasteiger partial charge on any atom is -0.379 e. The van der Waals surface area contributed by atoms with Crippen LogP contribution in [0.4, 0.5) is 4.39 Å². The Morgan fingerprint density at radius 3 is 2.52 bits per heavy atom. The van der Waals surface area contributed by atoms with Gasteiger partial charge in [-0.05, 0) is 30.5 Å². The van der Waals surface area contributed by atoms with Crippen LogP contribution in [0.25, 0.3) is 0 Å². The molecule has 0 bridgehead atoms. The summed E-state index contributed by atoms with van der Waals surface area (Å²) in [5, 5.41) is 8.79. The van der Waals surface area contributed by atoms with Gasteiger partial charge in [0.05, 0.1) is 19.8 Å². The first-order chi connectivity index (χ1) is 15.1. The predicted octanol–water partition coefficient (Wildman–Crippen LogP) is 2.46. The van der Waals surface area contributed by atoms with Gasteiger partial charge >= 0.3 is 0 Å². The van der Waals surface area contributed by atoms with E-state index in [1.54, 1.807) is 12.1 Å². The van der Waals surface area contributed by atoms with Gasteiger partial charge < -0.3 is 10.1 Å². The molecule has 31 heavy (non-hydrogen) atoms. The van der Waals surface area contributed by atoms with Crippen molar-refractivity contribution in [3.8, 4) is 0 Å². The highest BCUT2D eigenvalue weighted by Gasteiger charge is 2.39. The van der Waals surface area contributed by atoms with Crippen LogP contribution in [0.2, 0.25) is 0 Å². The van der Waals surface area contributed by atoms with E-state index in [1.165, 1.54) is 36.4 Å². The first kappa shape index (κ1) is 21.9. The Bertz CT molecular complexity index is 815. The number of benzene rings is 1. The predicted molar refractivity (Wildman–Crippen MR) is 115 cm³/mol. The van der Waals surface area contributed by atoms with Crippen LogP contribution in [0, 0.1) is 5.82 Å². The highest BCUT2D eigenvalue weighted by molar-refractivity contribution is 6.39. The van der Waals surface area contributed by atoms with Crippen molar-refractivity contribution < 1.29 is 18.7 Å². The number of nitrogens with zero attached hydrogens (tertiary/aromatic N) is 3. The normalized spacial score (nSPS) is 22.2. The van der Waals surface area contributed by atoms with Crippen LogP contribution in [0.5, 0.6) is 0 Å². The Morgan fingerprint density at radius 2 is 1.81 bits per heavy atom. The molecule has 1 N–H and O–H groups in total. The van der Waals surface area contributed by atoms with E-state index in [0.717, 1.165) is 44.7 Å². The number of ether oxygens (including phenoxy) is 1. The SMILES string of the molecule is O=C(NCC1(N2CCOCC2)CCCCC1)C1=NN(Cc2ccc(F)cc2)C(=O)CC1. The van der Waals surface area contributed by atoms with Gasteiger partial charge in [-0.15, -0.1) is 0 Å². The number of halogens is 1. The van der Waals surface area contributed by atoms with Crippen LogP contribution in [0.1, 0.15) is 50.5 Å². The number of carbonyl (C=O) groups excluding carboxylic acids is 2. The summed E-state index contributed by atoms with van der Waals surface area (Å²) in [5.41, 5.74) is 1.14. The van der Waals surface area contributed by atoms with Gasteiger partial charge in [0.2, 0.25) is 5.91 Å². The van der Waals surface area contributed by atoms with Crippen LogP contribution in [0.15, 0.2) is 29.4 Å². The topological polar surface area (TPSA) is 74.2 Å². The minimum atomic E-state index is -0.325. The van der Waals surface area contributed by atoms with Gasteiger partial charge in [-0.2, -0.15) is 5.10 Å². The van der Waals surface area contributed by atoms with Gasteiger partial charge in [-0.25, -0.2) is 9.40 Å². The summed E-state index contributed by atoms with van der Waals surface area (Å²) in [7, 11) is 0. The second kappa shape index (κ2) is 9.87. The van der Waals surface area contributed by atoms with E-state index in [4.69, 9.17) is 4.74 Å². The molecule has 0 spiro atoms. The fourth-order valence-electron chi connectivity index (χ4n) is 4.85. The lowest BCUT2D eigenvalue weighted by Gasteiger charge is -2.48. The smallest absolute Gasteiger partial charge is 0.267 e. The van der Waals surface area contributed by atoms with Crippen molar-refractivity contribution in [3.63, 3.8) is 0 Å². The summed E-state index contributed by atoms with van der Waals surface area (Å²) in [4.78, 5) is 27.7. The largest absolute Gasteiger partial charge is 0.379 e. The Labute approximate surface area is 182 Å². The van der Waals surface area contributed by atoms with Crippen LogP contribution in [-0.4, -0.2) is 65.8 Å². The van der Waals surface area contributed by atoms with Crippen molar-refractivity contribution in [2.45, 2.75) is 57.0 Å². The number of amides is 2. The molecule has 1 saturated carbocycles. The van der Waals surface area contributed by atoms with E-state index in [2.05, 4.69) is 15.3 Å². The molecule has 1 aliphatic carbocycles. The molecule has 2 fully saturated rings. The highest BCUT2D eigenvalue weighted by Crippen LogP contribution is 2.34. The summed E-state index contributed by atoms with van der Waals surface area (Å²) in [6.45, 7) is 4.10. The number of hydrogen-bond donors (Lipinski definition) is 1. The summed E-state index contributed by atoms with van der Waals surface area (Å²) in [6.07, 6.45) is 6.34. The van der Waals surface area contributed by atoms with Crippen molar-refractivity contribution in [1.29, 1.82) is 0 Å². The maximum Gasteiger partial charge on any atom is 0.267 e. The fraction of sp³-hybridized carbons (Fsp3) is 0.609. The molecule has 7 nitrogen and oxygen atoms in total. The van der Waals surface area contributed by atoms with Gasteiger partial charge in [-0.3, -0.25) is 14.5 Å². The molecule has 0 atom stereocenters. The second-order valence-corrected chi connectivity index (χ2v) is 8.69. The number of morpholine rings is 1. The molecule has 4 rings (SSSR count). The van der Waals surface area contributed by atoms with Crippen molar-refractivity contribution in [1.82, 2.24) is 15.2 Å². The number of hydrogen-bond acceptors (Lipinski definition) is 5. The van der Waals surface area contributed by atoms with E-state index >= 15 is 0 Å². The molecular formula is C23H31FN4O3. The Kier molecular flexibility index (Phi) is 6.97. The average Bonchev–Trinajstić information content (AvgIpc) is 2.81. The van der Waals surface area contributed by atoms with E-state index in [0.29, 0.717) is 18.7 Å². The van der Waals surface area contributed by atoms with E-state index in [1.807, 2.05) is 0 Å². The first-order valence-electron chi connectivity index (χ1n) is 11.3. The van der Waals surface area contributed by atoms with E-state index < -0.39 is 0 Å². The zero-order valence-corrected chi connectivity index (χ0v) is 17.9. The molecule has 2 heterocycles. The molecule has 2 aliphatic heterocycles. The average molecular weight is 431 g/mol. The van der Waals surface area contributed by atoms with Crippen LogP contribution < -0.4 is 5.32 Å². The lowest BCUT2D eigenvalue weighted by molar-refractivity contribution is -0.132. The van der Waals surface area contributed by atoms with Crippen molar-refractivity contribution in [2.75, 3.05) is 32.8 Å². The van der Waals surface area contributed by atoms with Gasteiger partial charge in [0.25, 0.3) is 5.91 Å². The van der Waals surface area contributed by atoms with Gasteiger partial charge in [0.1, 0.15) is 11.5 Å². The summed E-state index contributed by atoms with van der Waals surface area (Å²) >= 11 is 0. The zero-order chi connectivity index (χ0) is 21.7. The summed E-state index contributed by atoms with van der Waals surface area (Å²) in [5.74, 6) is -0.651. The lowest BCUT2D eigenvalue weighted by atomic mass is 9.79. The molecule has 0 aromatic heterocycles. The molecule has 168 valence electrons. The number of carbonyl (C=O) groups is 2. The third-order valence-electron chi connectivity index (χ3n) is 6.66. The van der Waals surface area contributed by atoms with Crippen LogP contribution in [0.3, 0.4) is 0 Å². The van der Waals surface area contributed by atoms with Crippen molar-refractivity contribution in [3.05, 3.63) is 35.6 Å². The molecule has 0 unspecified atom stereocenters. The Hall–Kier alpha value is -2.32. The highest BCUT2D eigenvalue weighted by atomic mass is 19.1. The van der Waals surface area contributed by atoms with Crippen molar-refractivity contribution in [2.24, 2.45) is 5.10 Å². The molecule has 2 amide bonds. The van der Waals surface area contributed by atoms with Gasteiger partial charge in [0.15, 0.2) is 0 Å². The maximum atomic E-state index is 13.1. The van der Waals surface area contributed by atoms with Gasteiger partial charge in [0, 0.05) is 38.0 Å². The molecule has 1 saturated heterocycles. The quantitative estimate of drug-likeness (QED) is 0.752. The fourth-order valence-corrected chi connectivity index (χ4v) is 4.85. The maximum absolute atomic E-state index is 13.1. The molecule has 1 aromatic rings. The molecule has 8 heteroatoms. The van der Waals surface area contributed by atoms with E-state index in [-0.39, 0.29) is 36.1 Å². The van der Waals surface area contributed by atoms with Gasteiger partial charge in [-0.1, -0.05) is 31.4 Å². The Morgan fingerprint density at radius 1 is 1.10 bits per heavy atom. The molecule has 3 aliphatic rings. The summed E-state index contributed by atoms with van der Waals surface area (Å²) < 4.78 is 18.7. The third kappa shape index (κ3) is 5.30. The molecular weight excluding hydrogens is 399 g/mol. The lowest BCUT2D eigenvalue weighted by Crippen LogP contribution is -2.60. The third-order valence-corrected chi connectivity index (χ3v) is 6.66. The van der Waals surface area contributed by atoms with Crippen molar-refractivity contribution >= 4 is 17.5 Å². The number of hydrazone groups is 1. The van der Waals surface area contributed by atoms with Crippen LogP contribution in [-0.2, 0) is 20.9 Å². The molecule has 0 radical (unpaired) electrons. The number of rotatable bonds is 6. The second-order valence-electron chi connectivity index (χ2n) is 8.69. The summed E-state index contributed by atoms with van der Waals surface area (Å²) in [6, 6.07) is 5.97. The standard InChI is InChI=1S/C23H31FN4O3/c24-19-6-4-18(5-7-19)16-28-21(29)9-8-20(26-28)22(30)25-17-23(10-2-1-3-11-23)27-12-14-31-15-13-27/h4-7H,1-3,8-17H2,(H,25,30). The monoisotopic (exact) mass is 430 g/mol. The minimum absolute atomic E-state index is 0.0173. The van der Waals surface area contributed by atoms with E-state index in [9.17, 15) is 14.0 Å². The zero-order valence-electron chi connectivity index (χ0n) is 17.9. The first-order valence-corrected chi connectivity index (χ1v) is 11.3.